The standard InChI is InChI=1S/C19H24BBrN2O2/c1-13-9-16(21)7-8-18(13)14(2)12-25-19(24)22-17-6-4-5-15(10-17)11-23(3)20/h4-10,14H,11-12,20H2,1-3H3,(H,22,24)/t14-/m0/s1. The van der Waals surface area contributed by atoms with Crippen molar-refractivity contribution in [2.24, 2.45) is 0 Å². The van der Waals surface area contributed by atoms with Crippen LogP contribution in [0.15, 0.2) is 46.9 Å². The van der Waals surface area contributed by atoms with Crippen LogP contribution in [0.4, 0.5) is 10.5 Å². The van der Waals surface area contributed by atoms with E-state index in [4.69, 9.17) is 4.74 Å². The zero-order valence-electron chi connectivity index (χ0n) is 15.2. The van der Waals surface area contributed by atoms with E-state index < -0.39 is 6.09 Å². The molecule has 0 bridgehead atoms. The van der Waals surface area contributed by atoms with Crippen molar-refractivity contribution in [2.45, 2.75) is 26.3 Å². The molecular weight excluding hydrogens is 379 g/mol. The summed E-state index contributed by atoms with van der Waals surface area (Å²) in [5, 5.41) is 2.80. The molecule has 0 heterocycles. The van der Waals surface area contributed by atoms with Crippen LogP contribution in [0.3, 0.4) is 0 Å². The number of carbonyl (C=O) groups excluding carboxylic acids is 1. The van der Waals surface area contributed by atoms with Crippen molar-refractivity contribution in [1.29, 1.82) is 0 Å². The fourth-order valence-corrected chi connectivity index (χ4v) is 3.22. The Morgan fingerprint density at radius 1 is 1.32 bits per heavy atom. The number of benzene rings is 2. The molecule has 1 atom stereocenters. The number of rotatable bonds is 6. The topological polar surface area (TPSA) is 41.6 Å². The van der Waals surface area contributed by atoms with Gasteiger partial charge < -0.3 is 9.55 Å². The lowest BCUT2D eigenvalue weighted by atomic mass is 9.97. The lowest BCUT2D eigenvalue weighted by molar-refractivity contribution is 0.155. The van der Waals surface area contributed by atoms with Crippen molar-refractivity contribution < 1.29 is 9.53 Å². The quantitative estimate of drug-likeness (QED) is 0.739. The molecule has 0 radical (unpaired) electrons. The summed E-state index contributed by atoms with van der Waals surface area (Å²) in [5.41, 5.74) is 4.25. The Kier molecular flexibility index (Phi) is 7.08. The second kappa shape index (κ2) is 9.06. The molecule has 2 aromatic rings. The van der Waals surface area contributed by atoms with Crippen LogP contribution in [-0.2, 0) is 11.3 Å². The maximum absolute atomic E-state index is 12.1. The number of aryl methyl sites for hydroxylation is 1. The molecule has 6 heteroatoms. The molecule has 0 aliphatic rings. The highest BCUT2D eigenvalue weighted by atomic mass is 79.9. The van der Waals surface area contributed by atoms with Crippen LogP contribution in [0.2, 0.25) is 0 Å². The predicted molar refractivity (Wildman–Crippen MR) is 109 cm³/mol. The molecule has 0 unspecified atom stereocenters. The second-order valence-corrected chi connectivity index (χ2v) is 7.48. The molecule has 1 N–H and O–H groups in total. The van der Waals surface area contributed by atoms with Crippen LogP contribution in [0.1, 0.15) is 29.5 Å². The number of anilines is 1. The number of nitrogens with zero attached hydrogens (tertiary/aromatic N) is 1. The Labute approximate surface area is 159 Å². The molecule has 0 spiro atoms. The monoisotopic (exact) mass is 402 g/mol. The van der Waals surface area contributed by atoms with E-state index in [1.54, 1.807) is 0 Å². The van der Waals surface area contributed by atoms with Crippen LogP contribution >= 0.6 is 15.9 Å². The summed E-state index contributed by atoms with van der Waals surface area (Å²) in [5.74, 6) is 0.138. The zero-order valence-corrected chi connectivity index (χ0v) is 16.8. The normalized spacial score (nSPS) is 12.0. The summed E-state index contributed by atoms with van der Waals surface area (Å²) in [4.78, 5) is 14.2. The minimum absolute atomic E-state index is 0.138. The van der Waals surface area contributed by atoms with Gasteiger partial charge in [-0.25, -0.2) is 4.79 Å². The third-order valence-electron chi connectivity index (χ3n) is 3.90. The van der Waals surface area contributed by atoms with E-state index in [1.165, 1.54) is 11.1 Å². The molecule has 0 saturated carbocycles. The van der Waals surface area contributed by atoms with Gasteiger partial charge in [0.05, 0.1) is 6.61 Å². The molecular formula is C19H24BBrN2O2. The molecule has 4 nitrogen and oxygen atoms in total. The Bertz CT molecular complexity index is 737. The first-order chi connectivity index (χ1) is 11.8. The lowest BCUT2D eigenvalue weighted by Crippen LogP contribution is -2.18. The predicted octanol–water partition coefficient (Wildman–Crippen LogP) is 4.09. The molecule has 132 valence electrons. The fraction of sp³-hybridized carbons (Fsp3) is 0.316. The first kappa shape index (κ1) is 19.5. The van der Waals surface area contributed by atoms with Gasteiger partial charge in [0, 0.05) is 22.6 Å². The number of nitrogens with one attached hydrogen (secondary N) is 1. The van der Waals surface area contributed by atoms with Gasteiger partial charge in [0.2, 0.25) is 0 Å². The minimum Gasteiger partial charge on any atom is -0.449 e. The van der Waals surface area contributed by atoms with Crippen LogP contribution in [-0.4, -0.2) is 32.5 Å². The smallest absolute Gasteiger partial charge is 0.411 e. The molecule has 0 aromatic heterocycles. The zero-order chi connectivity index (χ0) is 18.4. The van der Waals surface area contributed by atoms with Gasteiger partial charge in [-0.1, -0.05) is 41.1 Å². The molecule has 0 fully saturated rings. The summed E-state index contributed by atoms with van der Waals surface area (Å²) >= 11 is 3.47. The third kappa shape index (κ3) is 6.22. The van der Waals surface area contributed by atoms with Crippen molar-refractivity contribution in [2.75, 3.05) is 19.0 Å². The third-order valence-corrected chi connectivity index (χ3v) is 4.39. The summed E-state index contributed by atoms with van der Waals surface area (Å²) in [6, 6.07) is 13.9. The largest absolute Gasteiger partial charge is 0.449 e. The highest BCUT2D eigenvalue weighted by molar-refractivity contribution is 9.10. The van der Waals surface area contributed by atoms with Gasteiger partial charge >= 0.3 is 6.09 Å². The van der Waals surface area contributed by atoms with Crippen molar-refractivity contribution >= 4 is 35.7 Å². The van der Waals surface area contributed by atoms with E-state index in [0.717, 1.165) is 22.3 Å². The molecule has 0 aliphatic carbocycles. The first-order valence-corrected chi connectivity index (χ1v) is 9.08. The summed E-state index contributed by atoms with van der Waals surface area (Å²) < 4.78 is 6.45. The SMILES string of the molecule is BN(C)Cc1cccc(NC(=O)OC[C@H](C)c2ccc(Br)cc2C)c1. The maximum Gasteiger partial charge on any atom is 0.411 e. The molecule has 25 heavy (non-hydrogen) atoms. The molecule has 2 aromatic carbocycles. The Morgan fingerprint density at radius 2 is 2.08 bits per heavy atom. The molecule has 2 rings (SSSR count). The molecule has 1 amide bonds. The van der Waals surface area contributed by atoms with Crippen molar-refractivity contribution in [3.05, 3.63) is 63.6 Å². The van der Waals surface area contributed by atoms with Crippen molar-refractivity contribution in [3.8, 4) is 0 Å². The van der Waals surface area contributed by atoms with E-state index in [9.17, 15) is 4.79 Å². The average molecular weight is 403 g/mol. The summed E-state index contributed by atoms with van der Waals surface area (Å²) in [7, 11) is 4.03. The van der Waals surface area contributed by atoms with E-state index >= 15 is 0 Å². The van der Waals surface area contributed by atoms with Gasteiger partial charge in [0.25, 0.3) is 0 Å². The average Bonchev–Trinajstić information content (AvgIpc) is 2.52. The summed E-state index contributed by atoms with van der Waals surface area (Å²) in [6.07, 6.45) is -0.427. The van der Waals surface area contributed by atoms with E-state index in [-0.39, 0.29) is 5.92 Å². The summed E-state index contributed by atoms with van der Waals surface area (Å²) in [6.45, 7) is 5.28. The van der Waals surface area contributed by atoms with E-state index in [0.29, 0.717) is 6.61 Å². The highest BCUT2D eigenvalue weighted by Gasteiger charge is 2.12. The number of carbonyl (C=O) groups is 1. The maximum atomic E-state index is 12.1. The van der Waals surface area contributed by atoms with Crippen LogP contribution < -0.4 is 5.32 Å². The number of hydrogen-bond acceptors (Lipinski definition) is 3. The van der Waals surface area contributed by atoms with Crippen molar-refractivity contribution in [1.82, 2.24) is 4.81 Å². The van der Waals surface area contributed by atoms with Gasteiger partial charge in [0.1, 0.15) is 0 Å². The number of ether oxygens (including phenoxy) is 1. The van der Waals surface area contributed by atoms with Crippen molar-refractivity contribution in [3.63, 3.8) is 0 Å². The Morgan fingerprint density at radius 3 is 2.76 bits per heavy atom. The van der Waals surface area contributed by atoms with E-state index in [1.807, 2.05) is 45.4 Å². The molecule has 0 saturated heterocycles. The Hall–Kier alpha value is -1.79. The fourth-order valence-electron chi connectivity index (χ4n) is 2.75. The number of amides is 1. The van der Waals surface area contributed by atoms with Crippen LogP contribution in [0.5, 0.6) is 0 Å². The van der Waals surface area contributed by atoms with Gasteiger partial charge in [-0.15, -0.1) is 0 Å². The van der Waals surface area contributed by atoms with E-state index in [2.05, 4.69) is 52.0 Å². The highest BCUT2D eigenvalue weighted by Crippen LogP contribution is 2.23. The van der Waals surface area contributed by atoms with Gasteiger partial charge in [-0.3, -0.25) is 5.32 Å². The second-order valence-electron chi connectivity index (χ2n) is 6.56. The number of hydrogen-bond donors (Lipinski definition) is 1. The van der Waals surface area contributed by atoms with Crippen LogP contribution in [0, 0.1) is 6.92 Å². The Balaban J connectivity index is 1.90. The number of halogens is 1. The van der Waals surface area contributed by atoms with Gasteiger partial charge in [0.15, 0.2) is 7.98 Å². The lowest BCUT2D eigenvalue weighted by Gasteiger charge is -2.16. The van der Waals surface area contributed by atoms with Gasteiger partial charge in [-0.2, -0.15) is 0 Å². The van der Waals surface area contributed by atoms with Gasteiger partial charge in [-0.05, 0) is 54.9 Å². The molecule has 0 aliphatic heterocycles. The van der Waals surface area contributed by atoms with Crippen LogP contribution in [0.25, 0.3) is 0 Å². The first-order valence-electron chi connectivity index (χ1n) is 8.28. The minimum atomic E-state index is -0.427.